The summed E-state index contributed by atoms with van der Waals surface area (Å²) in [7, 11) is 0. The molecular weight excluding hydrogens is 322 g/mol. The van der Waals surface area contributed by atoms with Crippen molar-refractivity contribution >= 4 is 24.4 Å². The van der Waals surface area contributed by atoms with Crippen LogP contribution in [0.15, 0.2) is 54.6 Å². The Labute approximate surface area is 147 Å². The molecule has 24 heavy (non-hydrogen) atoms. The molecule has 0 aliphatic carbocycles. The first kappa shape index (κ1) is 18.2. The van der Waals surface area contributed by atoms with Gasteiger partial charge in [-0.1, -0.05) is 54.6 Å². The number of carboxylic acids is 1. The van der Waals surface area contributed by atoms with Gasteiger partial charge in [-0.3, -0.25) is 9.59 Å². The number of hydrogen-bond donors (Lipinski definition) is 3. The number of carbonyl (C=O) groups excluding carboxylic acids is 1. The Morgan fingerprint density at radius 1 is 1.04 bits per heavy atom. The molecule has 2 aromatic carbocycles. The van der Waals surface area contributed by atoms with Crippen LogP contribution in [0.5, 0.6) is 0 Å². The normalized spacial score (nSPS) is 11.9. The van der Waals surface area contributed by atoms with Gasteiger partial charge in [-0.2, -0.15) is 12.6 Å². The third-order valence-corrected chi connectivity index (χ3v) is 4.13. The highest BCUT2D eigenvalue weighted by Gasteiger charge is 2.15. The van der Waals surface area contributed by atoms with E-state index in [0.29, 0.717) is 24.9 Å². The Morgan fingerprint density at radius 2 is 1.71 bits per heavy atom. The molecule has 5 heteroatoms. The number of rotatable bonds is 9. The Hall–Kier alpha value is -2.11. The average molecular weight is 343 g/mol. The number of ketones is 1. The summed E-state index contributed by atoms with van der Waals surface area (Å²) in [6, 6.07) is 16.7. The summed E-state index contributed by atoms with van der Waals surface area (Å²) in [4.78, 5) is 23.4. The average Bonchev–Trinajstić information content (AvgIpc) is 2.62. The summed E-state index contributed by atoms with van der Waals surface area (Å²) in [6.45, 7) is 0.469. The van der Waals surface area contributed by atoms with Crippen LogP contribution in [0.3, 0.4) is 0 Å². The summed E-state index contributed by atoms with van der Waals surface area (Å²) in [6.07, 6.45) is 0.954. The summed E-state index contributed by atoms with van der Waals surface area (Å²) >= 11 is 4.00. The number of aliphatic carboxylic acids is 1. The lowest BCUT2D eigenvalue weighted by Crippen LogP contribution is -2.38. The molecular formula is C19H21NO3S. The van der Waals surface area contributed by atoms with Crippen LogP contribution in [-0.4, -0.2) is 35.2 Å². The van der Waals surface area contributed by atoms with E-state index in [0.717, 1.165) is 11.1 Å². The largest absolute Gasteiger partial charge is 0.480 e. The van der Waals surface area contributed by atoms with Crippen molar-refractivity contribution in [1.29, 1.82) is 0 Å². The van der Waals surface area contributed by atoms with Crippen LogP contribution in [0.25, 0.3) is 11.1 Å². The monoisotopic (exact) mass is 343 g/mol. The molecule has 0 aliphatic heterocycles. The lowest BCUT2D eigenvalue weighted by Gasteiger charge is -2.12. The maximum absolute atomic E-state index is 12.5. The first-order valence-corrected chi connectivity index (χ1v) is 8.51. The van der Waals surface area contributed by atoms with E-state index in [4.69, 9.17) is 5.11 Å². The maximum Gasteiger partial charge on any atom is 0.321 e. The standard InChI is InChI=1S/C19H21NO3S/c21-18(11-6-12-20-17(13-24)19(22)23)16-10-5-4-9-15(16)14-7-2-1-3-8-14/h1-5,7-10,17,20,24H,6,11-13H2,(H,22,23)/t17-/m1/s1. The Morgan fingerprint density at radius 3 is 2.38 bits per heavy atom. The molecule has 1 atom stereocenters. The minimum Gasteiger partial charge on any atom is -0.480 e. The lowest BCUT2D eigenvalue weighted by atomic mass is 9.95. The molecule has 2 N–H and O–H groups in total. The van der Waals surface area contributed by atoms with E-state index < -0.39 is 12.0 Å². The van der Waals surface area contributed by atoms with Crippen LogP contribution in [0.1, 0.15) is 23.2 Å². The number of nitrogens with one attached hydrogen (secondary N) is 1. The van der Waals surface area contributed by atoms with Gasteiger partial charge in [0.1, 0.15) is 6.04 Å². The quantitative estimate of drug-likeness (QED) is 0.371. The molecule has 2 rings (SSSR count). The van der Waals surface area contributed by atoms with Crippen LogP contribution in [0.2, 0.25) is 0 Å². The van der Waals surface area contributed by atoms with E-state index >= 15 is 0 Å². The number of thiol groups is 1. The van der Waals surface area contributed by atoms with Gasteiger partial charge >= 0.3 is 5.97 Å². The maximum atomic E-state index is 12.5. The fourth-order valence-electron chi connectivity index (χ4n) is 2.49. The van der Waals surface area contributed by atoms with Gasteiger partial charge in [0.25, 0.3) is 0 Å². The van der Waals surface area contributed by atoms with Gasteiger partial charge in [0.15, 0.2) is 5.78 Å². The van der Waals surface area contributed by atoms with Crippen molar-refractivity contribution in [1.82, 2.24) is 5.32 Å². The number of benzene rings is 2. The topological polar surface area (TPSA) is 66.4 Å². The molecule has 0 saturated heterocycles. The predicted molar refractivity (Wildman–Crippen MR) is 98.7 cm³/mol. The van der Waals surface area contributed by atoms with Gasteiger partial charge < -0.3 is 10.4 Å². The zero-order valence-corrected chi connectivity index (χ0v) is 14.2. The zero-order chi connectivity index (χ0) is 17.4. The molecule has 0 saturated carbocycles. The van der Waals surface area contributed by atoms with Crippen LogP contribution < -0.4 is 5.32 Å². The van der Waals surface area contributed by atoms with Crippen LogP contribution in [-0.2, 0) is 4.79 Å². The molecule has 0 heterocycles. The minimum atomic E-state index is -0.925. The van der Waals surface area contributed by atoms with Gasteiger partial charge in [-0.25, -0.2) is 0 Å². The molecule has 0 aliphatic rings. The van der Waals surface area contributed by atoms with Crippen molar-refractivity contribution in [3.8, 4) is 11.1 Å². The smallest absolute Gasteiger partial charge is 0.321 e. The van der Waals surface area contributed by atoms with Crippen molar-refractivity contribution in [3.63, 3.8) is 0 Å². The van der Waals surface area contributed by atoms with Gasteiger partial charge in [-0.15, -0.1) is 0 Å². The fourth-order valence-corrected chi connectivity index (χ4v) is 2.77. The van der Waals surface area contributed by atoms with Gasteiger partial charge in [-0.05, 0) is 24.1 Å². The van der Waals surface area contributed by atoms with Gasteiger partial charge in [0.2, 0.25) is 0 Å². The molecule has 4 nitrogen and oxygen atoms in total. The molecule has 0 unspecified atom stereocenters. The SMILES string of the molecule is O=C(CCCN[C@H](CS)C(=O)O)c1ccccc1-c1ccccc1. The Balaban J connectivity index is 1.97. The molecule has 2 aromatic rings. The highest BCUT2D eigenvalue weighted by atomic mass is 32.1. The molecule has 0 spiro atoms. The van der Waals surface area contributed by atoms with Crippen molar-refractivity contribution in [2.24, 2.45) is 0 Å². The molecule has 0 aromatic heterocycles. The van der Waals surface area contributed by atoms with E-state index in [1.165, 1.54) is 0 Å². The summed E-state index contributed by atoms with van der Waals surface area (Å²) in [5.41, 5.74) is 2.64. The van der Waals surface area contributed by atoms with Crippen LogP contribution in [0.4, 0.5) is 0 Å². The molecule has 126 valence electrons. The van der Waals surface area contributed by atoms with Gasteiger partial charge in [0, 0.05) is 17.7 Å². The second kappa shape index (κ2) is 9.25. The molecule has 0 bridgehead atoms. The van der Waals surface area contributed by atoms with Gasteiger partial charge in [0.05, 0.1) is 0 Å². The predicted octanol–water partition coefficient (Wildman–Crippen LogP) is 3.29. The third-order valence-electron chi connectivity index (χ3n) is 3.76. The van der Waals surface area contributed by atoms with Crippen molar-refractivity contribution < 1.29 is 14.7 Å². The lowest BCUT2D eigenvalue weighted by molar-refractivity contribution is -0.138. The first-order valence-electron chi connectivity index (χ1n) is 7.88. The van der Waals surface area contributed by atoms with Crippen molar-refractivity contribution in [2.75, 3.05) is 12.3 Å². The van der Waals surface area contributed by atoms with Crippen molar-refractivity contribution in [3.05, 3.63) is 60.2 Å². The van der Waals surface area contributed by atoms with E-state index in [1.54, 1.807) is 0 Å². The van der Waals surface area contributed by atoms with Crippen LogP contribution in [0, 0.1) is 0 Å². The second-order valence-corrected chi connectivity index (χ2v) is 5.83. The van der Waals surface area contributed by atoms with Crippen molar-refractivity contribution in [2.45, 2.75) is 18.9 Å². The Kier molecular flexibility index (Phi) is 7.03. The summed E-state index contributed by atoms with van der Waals surface area (Å²) in [5, 5.41) is 11.8. The minimum absolute atomic E-state index is 0.0639. The third kappa shape index (κ3) is 4.94. The van der Waals surface area contributed by atoms with E-state index in [1.807, 2.05) is 54.6 Å². The molecule has 0 fully saturated rings. The van der Waals surface area contributed by atoms with Crippen LogP contribution >= 0.6 is 12.6 Å². The van der Waals surface area contributed by atoms with E-state index in [9.17, 15) is 9.59 Å². The second-order valence-electron chi connectivity index (χ2n) is 5.47. The number of carboxylic acid groups (broad SMARTS) is 1. The number of hydrogen-bond acceptors (Lipinski definition) is 4. The van der Waals surface area contributed by atoms with E-state index in [-0.39, 0.29) is 11.5 Å². The summed E-state index contributed by atoms with van der Waals surface area (Å²) in [5.74, 6) is -0.639. The highest BCUT2D eigenvalue weighted by molar-refractivity contribution is 7.80. The fraction of sp³-hybridized carbons (Fsp3) is 0.263. The summed E-state index contributed by atoms with van der Waals surface area (Å²) < 4.78 is 0. The number of carbonyl (C=O) groups is 2. The number of Topliss-reactive ketones (excluding diaryl/α,β-unsaturated/α-hetero) is 1. The first-order chi connectivity index (χ1) is 11.6. The Bertz CT molecular complexity index is 688. The molecule has 0 radical (unpaired) electrons. The van der Waals surface area contributed by atoms with E-state index in [2.05, 4.69) is 17.9 Å². The molecule has 0 amide bonds. The highest BCUT2D eigenvalue weighted by Crippen LogP contribution is 2.24. The zero-order valence-electron chi connectivity index (χ0n) is 13.3.